The third-order valence-electron chi connectivity index (χ3n) is 1.73. The van der Waals surface area contributed by atoms with Gasteiger partial charge in [0.1, 0.15) is 0 Å². The van der Waals surface area contributed by atoms with Crippen molar-refractivity contribution in [3.63, 3.8) is 0 Å². The summed E-state index contributed by atoms with van der Waals surface area (Å²) in [6.45, 7) is 8.80. The highest BCUT2D eigenvalue weighted by molar-refractivity contribution is 5.87. The van der Waals surface area contributed by atoms with Crippen LogP contribution in [-0.4, -0.2) is 45.8 Å². The molecule has 0 aromatic carbocycles. The minimum atomic E-state index is -0.455. The Morgan fingerprint density at radius 3 is 2.56 bits per heavy atom. The maximum atomic E-state index is 10.9. The van der Waals surface area contributed by atoms with Gasteiger partial charge in [-0.3, -0.25) is 0 Å². The number of methoxy groups -OCH3 is 1. The van der Waals surface area contributed by atoms with Crippen molar-refractivity contribution in [2.24, 2.45) is 0 Å². The van der Waals surface area contributed by atoms with Crippen molar-refractivity contribution in [1.82, 2.24) is 0 Å². The van der Waals surface area contributed by atoms with Crippen molar-refractivity contribution >= 4 is 5.97 Å². The summed E-state index contributed by atoms with van der Waals surface area (Å²) in [5.74, 6) is -0.455. The van der Waals surface area contributed by atoms with Gasteiger partial charge in [-0.05, 0) is 13.8 Å². The first-order valence-corrected chi connectivity index (χ1v) is 5.18. The van der Waals surface area contributed by atoms with Crippen LogP contribution in [0, 0.1) is 0 Å². The third kappa shape index (κ3) is 7.39. The largest absolute Gasteiger partial charge is 0.466 e. The number of ether oxygens (including phenoxy) is 4. The molecule has 0 saturated carbocycles. The Labute approximate surface area is 96.3 Å². The molecule has 0 saturated heterocycles. The molecular weight excluding hydrogens is 212 g/mol. The summed E-state index contributed by atoms with van der Waals surface area (Å²) in [7, 11) is 1.31. The lowest BCUT2D eigenvalue weighted by atomic mass is 10.3. The van der Waals surface area contributed by atoms with Crippen LogP contribution in [0.4, 0.5) is 0 Å². The second-order valence-electron chi connectivity index (χ2n) is 3.04. The molecule has 0 aromatic heterocycles. The molecule has 0 heterocycles. The van der Waals surface area contributed by atoms with Gasteiger partial charge in [-0.25, -0.2) is 4.79 Å². The molecule has 0 fully saturated rings. The van der Waals surface area contributed by atoms with Crippen LogP contribution in [0.2, 0.25) is 0 Å². The first kappa shape index (κ1) is 15.1. The number of rotatable bonds is 9. The van der Waals surface area contributed by atoms with Crippen LogP contribution < -0.4 is 0 Å². The quantitative estimate of drug-likeness (QED) is 0.258. The molecule has 0 aliphatic heterocycles. The van der Waals surface area contributed by atoms with E-state index in [4.69, 9.17) is 14.2 Å². The van der Waals surface area contributed by atoms with Gasteiger partial charge in [-0.15, -0.1) is 0 Å². The summed E-state index contributed by atoms with van der Waals surface area (Å²) in [5.41, 5.74) is 0.292. The highest BCUT2D eigenvalue weighted by Crippen LogP contribution is 1.96. The molecule has 0 rings (SSSR count). The number of hydrogen-bond acceptors (Lipinski definition) is 5. The Hall–Kier alpha value is -0.910. The van der Waals surface area contributed by atoms with E-state index >= 15 is 0 Å². The fourth-order valence-electron chi connectivity index (χ4n) is 0.954. The molecule has 5 nitrogen and oxygen atoms in total. The maximum Gasteiger partial charge on any atom is 0.335 e. The average Bonchev–Trinajstić information content (AvgIpc) is 2.27. The molecule has 94 valence electrons. The first-order valence-electron chi connectivity index (χ1n) is 5.18. The Morgan fingerprint density at radius 2 is 2.00 bits per heavy atom. The normalized spacial score (nSPS) is 12.2. The molecule has 1 unspecified atom stereocenters. The standard InChI is InChI=1S/C11H20O5/c1-5-15-10(3)16-7-6-14-8-9(2)11(12)13-4/h10H,2,5-8H2,1,3-4H3. The van der Waals surface area contributed by atoms with Crippen LogP contribution in [0.25, 0.3) is 0 Å². The zero-order valence-electron chi connectivity index (χ0n) is 10.2. The molecule has 0 aromatic rings. The summed E-state index contributed by atoms with van der Waals surface area (Å²) in [4.78, 5) is 10.9. The summed E-state index contributed by atoms with van der Waals surface area (Å²) in [6, 6.07) is 0. The van der Waals surface area contributed by atoms with E-state index in [1.807, 2.05) is 13.8 Å². The van der Waals surface area contributed by atoms with Crippen molar-refractivity contribution in [2.45, 2.75) is 20.1 Å². The molecule has 0 bridgehead atoms. The van der Waals surface area contributed by atoms with Crippen molar-refractivity contribution in [1.29, 1.82) is 0 Å². The monoisotopic (exact) mass is 232 g/mol. The Balaban J connectivity index is 3.40. The van der Waals surface area contributed by atoms with Crippen LogP contribution in [0.15, 0.2) is 12.2 Å². The van der Waals surface area contributed by atoms with Crippen molar-refractivity contribution in [2.75, 3.05) is 33.5 Å². The summed E-state index contributed by atoms with van der Waals surface area (Å²) >= 11 is 0. The second-order valence-corrected chi connectivity index (χ2v) is 3.04. The fourth-order valence-corrected chi connectivity index (χ4v) is 0.954. The van der Waals surface area contributed by atoms with Gasteiger partial charge >= 0.3 is 5.97 Å². The predicted octanol–water partition coefficient (Wildman–Crippen LogP) is 1.13. The maximum absolute atomic E-state index is 10.9. The first-order chi connectivity index (χ1) is 7.61. The molecule has 5 heteroatoms. The predicted molar refractivity (Wildman–Crippen MR) is 59.0 cm³/mol. The number of esters is 1. The lowest BCUT2D eigenvalue weighted by molar-refractivity contribution is -0.140. The lowest BCUT2D eigenvalue weighted by Gasteiger charge is -2.12. The highest BCUT2D eigenvalue weighted by atomic mass is 16.7. The van der Waals surface area contributed by atoms with Gasteiger partial charge in [-0.1, -0.05) is 6.58 Å². The van der Waals surface area contributed by atoms with Crippen LogP contribution in [-0.2, 0) is 23.7 Å². The molecular formula is C11H20O5. The Kier molecular flexibility index (Phi) is 8.80. The summed E-state index contributed by atoms with van der Waals surface area (Å²) in [5, 5.41) is 0. The lowest BCUT2D eigenvalue weighted by Crippen LogP contribution is -2.17. The van der Waals surface area contributed by atoms with Crippen LogP contribution >= 0.6 is 0 Å². The number of carbonyl (C=O) groups is 1. The molecule has 1 atom stereocenters. The second kappa shape index (κ2) is 9.33. The number of carbonyl (C=O) groups excluding carboxylic acids is 1. The average molecular weight is 232 g/mol. The van der Waals surface area contributed by atoms with E-state index in [1.165, 1.54) is 7.11 Å². The summed E-state index contributed by atoms with van der Waals surface area (Å²) < 4.78 is 20.0. The van der Waals surface area contributed by atoms with Gasteiger partial charge in [0.2, 0.25) is 0 Å². The van der Waals surface area contributed by atoms with Crippen molar-refractivity contribution < 1.29 is 23.7 Å². The molecule has 0 amide bonds. The SMILES string of the molecule is C=C(COCCOC(C)OCC)C(=O)OC. The van der Waals surface area contributed by atoms with E-state index in [0.29, 0.717) is 25.4 Å². The third-order valence-corrected chi connectivity index (χ3v) is 1.73. The van der Waals surface area contributed by atoms with Gasteiger partial charge in [-0.2, -0.15) is 0 Å². The van der Waals surface area contributed by atoms with Crippen LogP contribution in [0.5, 0.6) is 0 Å². The smallest absolute Gasteiger partial charge is 0.335 e. The topological polar surface area (TPSA) is 54.0 Å². The van der Waals surface area contributed by atoms with Crippen molar-refractivity contribution in [3.05, 3.63) is 12.2 Å². The Bertz CT molecular complexity index is 214. The van der Waals surface area contributed by atoms with E-state index < -0.39 is 5.97 Å². The van der Waals surface area contributed by atoms with Crippen LogP contribution in [0.3, 0.4) is 0 Å². The van der Waals surface area contributed by atoms with Crippen molar-refractivity contribution in [3.8, 4) is 0 Å². The van der Waals surface area contributed by atoms with Crippen LogP contribution in [0.1, 0.15) is 13.8 Å². The van der Waals surface area contributed by atoms with E-state index in [1.54, 1.807) is 0 Å². The van der Waals surface area contributed by atoms with E-state index in [2.05, 4.69) is 11.3 Å². The molecule has 0 aliphatic carbocycles. The fraction of sp³-hybridized carbons (Fsp3) is 0.727. The molecule has 0 N–H and O–H groups in total. The molecule has 16 heavy (non-hydrogen) atoms. The van der Waals surface area contributed by atoms with Gasteiger partial charge in [0.05, 0.1) is 32.5 Å². The molecule has 0 aliphatic rings. The highest BCUT2D eigenvalue weighted by Gasteiger charge is 2.06. The summed E-state index contributed by atoms with van der Waals surface area (Å²) in [6.07, 6.45) is -0.239. The minimum absolute atomic E-state index is 0.152. The van der Waals surface area contributed by atoms with E-state index in [-0.39, 0.29) is 12.9 Å². The Morgan fingerprint density at radius 1 is 1.31 bits per heavy atom. The molecule has 0 radical (unpaired) electrons. The van der Waals surface area contributed by atoms with E-state index in [9.17, 15) is 4.79 Å². The zero-order chi connectivity index (χ0) is 12.4. The van der Waals surface area contributed by atoms with Gasteiger partial charge in [0, 0.05) is 6.61 Å². The number of hydrogen-bond donors (Lipinski definition) is 0. The van der Waals surface area contributed by atoms with Gasteiger partial charge < -0.3 is 18.9 Å². The van der Waals surface area contributed by atoms with Gasteiger partial charge in [0.25, 0.3) is 0 Å². The molecule has 0 spiro atoms. The van der Waals surface area contributed by atoms with Gasteiger partial charge in [0.15, 0.2) is 6.29 Å². The minimum Gasteiger partial charge on any atom is -0.466 e. The zero-order valence-corrected chi connectivity index (χ0v) is 10.2. The van der Waals surface area contributed by atoms with E-state index in [0.717, 1.165) is 0 Å².